The Bertz CT molecular complexity index is 557. The van der Waals surface area contributed by atoms with Crippen molar-refractivity contribution in [3.05, 3.63) is 41.2 Å². The second kappa shape index (κ2) is 4.49. The maximum atomic E-state index is 12.1. The van der Waals surface area contributed by atoms with Crippen molar-refractivity contribution in [2.24, 2.45) is 0 Å². The summed E-state index contributed by atoms with van der Waals surface area (Å²) >= 11 is 5.96. The molecule has 1 amide bonds. The van der Waals surface area contributed by atoms with Gasteiger partial charge in [-0.3, -0.25) is 4.79 Å². The molecule has 5 nitrogen and oxygen atoms in total. The van der Waals surface area contributed by atoms with Gasteiger partial charge in [-0.1, -0.05) is 11.6 Å². The summed E-state index contributed by atoms with van der Waals surface area (Å²) in [6, 6.07) is 2.15. The maximum Gasteiger partial charge on any atom is 0.268 e. The van der Waals surface area contributed by atoms with Crippen LogP contribution >= 0.6 is 11.6 Å². The van der Waals surface area contributed by atoms with E-state index in [0.29, 0.717) is 23.3 Å². The Kier molecular flexibility index (Phi) is 2.83. The number of nitrogens with one attached hydrogen (secondary N) is 2. The Morgan fingerprint density at radius 3 is 3.11 bits per heavy atom. The van der Waals surface area contributed by atoms with E-state index in [4.69, 9.17) is 11.6 Å². The van der Waals surface area contributed by atoms with Crippen molar-refractivity contribution in [3.63, 3.8) is 0 Å². The third-order valence-corrected chi connectivity index (χ3v) is 3.19. The van der Waals surface area contributed by atoms with Crippen LogP contribution in [0.2, 0.25) is 5.02 Å². The minimum atomic E-state index is -0.108. The van der Waals surface area contributed by atoms with Crippen LogP contribution in [0.5, 0.6) is 0 Å². The Hall–Kier alpha value is -1.75. The molecule has 1 saturated carbocycles. The minimum Gasteiger partial charge on any atom is -0.347 e. The van der Waals surface area contributed by atoms with Crippen molar-refractivity contribution in [2.45, 2.75) is 25.4 Å². The minimum absolute atomic E-state index is 0.108. The zero-order valence-electron chi connectivity index (χ0n) is 9.69. The first kappa shape index (κ1) is 11.3. The van der Waals surface area contributed by atoms with Crippen LogP contribution in [-0.4, -0.2) is 20.4 Å². The largest absolute Gasteiger partial charge is 0.347 e. The van der Waals surface area contributed by atoms with E-state index in [2.05, 4.69) is 15.3 Å². The van der Waals surface area contributed by atoms with Crippen molar-refractivity contribution >= 4 is 17.5 Å². The number of amides is 1. The van der Waals surface area contributed by atoms with Gasteiger partial charge < -0.3 is 14.9 Å². The molecule has 0 aromatic carbocycles. The number of nitrogens with zero attached hydrogens (tertiary/aromatic N) is 2. The van der Waals surface area contributed by atoms with E-state index in [1.165, 1.54) is 0 Å². The van der Waals surface area contributed by atoms with Gasteiger partial charge in [0.15, 0.2) is 0 Å². The third-order valence-electron chi connectivity index (χ3n) is 2.98. The van der Waals surface area contributed by atoms with Gasteiger partial charge in [-0.25, -0.2) is 4.98 Å². The second-order valence-electron chi connectivity index (χ2n) is 4.44. The summed E-state index contributed by atoms with van der Waals surface area (Å²) in [7, 11) is 0. The summed E-state index contributed by atoms with van der Waals surface area (Å²) in [6.07, 6.45) is 7.33. The molecule has 94 valence electrons. The summed E-state index contributed by atoms with van der Waals surface area (Å²) in [5, 5.41) is 3.45. The molecule has 0 aliphatic heterocycles. The van der Waals surface area contributed by atoms with Crippen molar-refractivity contribution in [1.82, 2.24) is 19.9 Å². The Morgan fingerprint density at radius 1 is 1.61 bits per heavy atom. The summed E-state index contributed by atoms with van der Waals surface area (Å²) in [5.41, 5.74) is 1.50. The van der Waals surface area contributed by atoms with Gasteiger partial charge in [-0.15, -0.1) is 0 Å². The van der Waals surface area contributed by atoms with Crippen LogP contribution in [-0.2, 0) is 6.54 Å². The van der Waals surface area contributed by atoms with Gasteiger partial charge in [-0.05, 0) is 18.9 Å². The average molecular weight is 265 g/mol. The summed E-state index contributed by atoms with van der Waals surface area (Å²) in [5.74, 6) is -0.108. The van der Waals surface area contributed by atoms with Gasteiger partial charge in [0.2, 0.25) is 0 Å². The van der Waals surface area contributed by atoms with Gasteiger partial charge in [-0.2, -0.15) is 0 Å². The highest BCUT2D eigenvalue weighted by Gasteiger charge is 2.27. The fraction of sp³-hybridized carbons (Fsp3) is 0.333. The van der Waals surface area contributed by atoms with Crippen molar-refractivity contribution in [2.75, 3.05) is 0 Å². The van der Waals surface area contributed by atoms with Crippen LogP contribution in [0.3, 0.4) is 0 Å². The van der Waals surface area contributed by atoms with E-state index in [0.717, 1.165) is 18.5 Å². The standard InChI is InChI=1S/C12H13ClN4O/c13-8-3-11(17(6-8)10-1-2-10)12(18)15-5-9-4-14-7-16-9/h3-4,6-7,10H,1-2,5H2,(H,14,16)(H,15,18). The highest BCUT2D eigenvalue weighted by atomic mass is 35.5. The van der Waals surface area contributed by atoms with Gasteiger partial charge in [0.25, 0.3) is 5.91 Å². The van der Waals surface area contributed by atoms with E-state index in [9.17, 15) is 4.79 Å². The number of rotatable bonds is 4. The zero-order valence-corrected chi connectivity index (χ0v) is 10.4. The molecular formula is C12H13ClN4O. The first-order chi connectivity index (χ1) is 8.74. The predicted molar refractivity (Wildman–Crippen MR) is 67.5 cm³/mol. The lowest BCUT2D eigenvalue weighted by molar-refractivity contribution is 0.0941. The van der Waals surface area contributed by atoms with Gasteiger partial charge in [0.1, 0.15) is 5.69 Å². The monoisotopic (exact) mass is 264 g/mol. The number of hydrogen-bond acceptors (Lipinski definition) is 2. The molecular weight excluding hydrogens is 252 g/mol. The van der Waals surface area contributed by atoms with Crippen LogP contribution in [0.15, 0.2) is 24.8 Å². The first-order valence-electron chi connectivity index (χ1n) is 5.87. The van der Waals surface area contributed by atoms with Crippen molar-refractivity contribution in [3.8, 4) is 0 Å². The molecule has 2 aromatic rings. The van der Waals surface area contributed by atoms with Crippen LogP contribution in [0.25, 0.3) is 0 Å². The van der Waals surface area contributed by atoms with Gasteiger partial charge in [0.05, 0.1) is 23.6 Å². The maximum absolute atomic E-state index is 12.1. The number of hydrogen-bond donors (Lipinski definition) is 2. The number of aromatic nitrogens is 3. The number of H-pyrrole nitrogens is 1. The number of carbonyl (C=O) groups excluding carboxylic acids is 1. The lowest BCUT2D eigenvalue weighted by Gasteiger charge is -2.07. The van der Waals surface area contributed by atoms with Gasteiger partial charge >= 0.3 is 0 Å². The molecule has 1 aliphatic rings. The molecule has 2 N–H and O–H groups in total. The van der Waals surface area contributed by atoms with E-state index in [1.54, 1.807) is 18.6 Å². The Labute approximate surface area is 109 Å². The molecule has 0 bridgehead atoms. The van der Waals surface area contributed by atoms with E-state index >= 15 is 0 Å². The van der Waals surface area contributed by atoms with Crippen LogP contribution < -0.4 is 5.32 Å². The molecule has 2 aromatic heterocycles. The Morgan fingerprint density at radius 2 is 2.44 bits per heavy atom. The molecule has 0 radical (unpaired) electrons. The van der Waals surface area contributed by atoms with E-state index in [-0.39, 0.29) is 5.91 Å². The van der Waals surface area contributed by atoms with Crippen molar-refractivity contribution in [1.29, 1.82) is 0 Å². The fourth-order valence-electron chi connectivity index (χ4n) is 1.93. The molecule has 18 heavy (non-hydrogen) atoms. The first-order valence-corrected chi connectivity index (χ1v) is 6.24. The number of imidazole rings is 1. The average Bonchev–Trinajstić information content (AvgIpc) is 2.92. The predicted octanol–water partition coefficient (Wildman–Crippen LogP) is 2.13. The SMILES string of the molecule is O=C(NCc1cnc[nH]1)c1cc(Cl)cn1C1CC1. The number of halogens is 1. The highest BCUT2D eigenvalue weighted by molar-refractivity contribution is 6.31. The lowest BCUT2D eigenvalue weighted by atomic mass is 10.3. The quantitative estimate of drug-likeness (QED) is 0.889. The molecule has 0 atom stereocenters. The van der Waals surface area contributed by atoms with Crippen molar-refractivity contribution < 1.29 is 4.79 Å². The molecule has 6 heteroatoms. The van der Waals surface area contributed by atoms with E-state index < -0.39 is 0 Å². The fourth-order valence-corrected chi connectivity index (χ4v) is 2.14. The number of carbonyl (C=O) groups is 1. The smallest absolute Gasteiger partial charge is 0.268 e. The van der Waals surface area contributed by atoms with Gasteiger partial charge in [0, 0.05) is 18.4 Å². The lowest BCUT2D eigenvalue weighted by Crippen LogP contribution is -2.25. The summed E-state index contributed by atoms with van der Waals surface area (Å²) < 4.78 is 1.96. The molecule has 1 fully saturated rings. The van der Waals surface area contributed by atoms with Crippen LogP contribution in [0, 0.1) is 0 Å². The normalized spacial score (nSPS) is 14.7. The topological polar surface area (TPSA) is 62.7 Å². The second-order valence-corrected chi connectivity index (χ2v) is 4.88. The molecule has 3 rings (SSSR count). The molecule has 0 unspecified atom stereocenters. The summed E-state index contributed by atoms with van der Waals surface area (Å²) in [4.78, 5) is 18.9. The van der Waals surface area contributed by atoms with Crippen LogP contribution in [0.1, 0.15) is 35.1 Å². The molecule has 1 aliphatic carbocycles. The van der Waals surface area contributed by atoms with Crippen LogP contribution in [0.4, 0.5) is 0 Å². The van der Waals surface area contributed by atoms with E-state index in [1.807, 2.05) is 10.8 Å². The Balaban J connectivity index is 1.71. The third kappa shape index (κ3) is 2.26. The highest BCUT2D eigenvalue weighted by Crippen LogP contribution is 2.37. The summed E-state index contributed by atoms with van der Waals surface area (Å²) in [6.45, 7) is 0.437. The molecule has 0 saturated heterocycles. The molecule has 2 heterocycles. The molecule has 0 spiro atoms. The zero-order chi connectivity index (χ0) is 12.5. The number of aromatic amines is 1.